The van der Waals surface area contributed by atoms with Crippen LogP contribution in [0.15, 0.2) is 18.2 Å². The lowest BCUT2D eigenvalue weighted by Gasteiger charge is -2.32. The third-order valence-electron chi connectivity index (χ3n) is 3.90. The van der Waals surface area contributed by atoms with Crippen LogP contribution in [0.1, 0.15) is 46.1 Å². The van der Waals surface area contributed by atoms with Crippen molar-refractivity contribution < 1.29 is 9.47 Å². The third kappa shape index (κ3) is 5.24. The topological polar surface area (TPSA) is 30.5 Å². The second-order valence-corrected chi connectivity index (χ2v) is 6.55. The first kappa shape index (κ1) is 17.8. The van der Waals surface area contributed by atoms with Gasteiger partial charge in [0.1, 0.15) is 11.5 Å². The molecular weight excluding hydrogens is 262 g/mol. The first-order valence-corrected chi connectivity index (χ1v) is 7.87. The predicted molar refractivity (Wildman–Crippen MR) is 89.4 cm³/mol. The molecule has 1 rings (SSSR count). The fourth-order valence-electron chi connectivity index (χ4n) is 2.62. The summed E-state index contributed by atoms with van der Waals surface area (Å²) in [5.41, 5.74) is 1.40. The summed E-state index contributed by atoms with van der Waals surface area (Å²) in [5.74, 6) is 1.83. The third-order valence-corrected chi connectivity index (χ3v) is 3.90. The number of hydrogen-bond acceptors (Lipinski definition) is 3. The molecule has 0 bridgehead atoms. The van der Waals surface area contributed by atoms with Gasteiger partial charge in [-0.1, -0.05) is 33.8 Å². The minimum atomic E-state index is 0.240. The van der Waals surface area contributed by atoms with Crippen molar-refractivity contribution in [2.24, 2.45) is 5.41 Å². The van der Waals surface area contributed by atoms with Crippen LogP contribution in [-0.2, 0) is 6.42 Å². The summed E-state index contributed by atoms with van der Waals surface area (Å²) >= 11 is 0. The van der Waals surface area contributed by atoms with E-state index < -0.39 is 0 Å². The zero-order chi connectivity index (χ0) is 15.9. The molecule has 0 aliphatic carbocycles. The highest BCUT2D eigenvalue weighted by atomic mass is 16.5. The Kier molecular flexibility index (Phi) is 7.03. The maximum absolute atomic E-state index is 5.49. The van der Waals surface area contributed by atoms with Gasteiger partial charge < -0.3 is 14.8 Å². The molecule has 0 saturated carbocycles. The first-order chi connectivity index (χ1) is 9.93. The number of rotatable bonds is 8. The zero-order valence-electron chi connectivity index (χ0n) is 14.5. The van der Waals surface area contributed by atoms with Gasteiger partial charge in [0.2, 0.25) is 0 Å². The molecule has 1 atom stereocenters. The SMILES string of the molecule is CCCNC(CCc1c(OC)cccc1OC)C(C)(C)C. The molecule has 0 spiro atoms. The van der Waals surface area contributed by atoms with Crippen LogP contribution in [0.2, 0.25) is 0 Å². The molecule has 120 valence electrons. The Morgan fingerprint density at radius 2 is 1.67 bits per heavy atom. The van der Waals surface area contributed by atoms with Gasteiger partial charge in [-0.2, -0.15) is 0 Å². The largest absolute Gasteiger partial charge is 0.496 e. The molecule has 0 aromatic heterocycles. The number of hydrogen-bond donors (Lipinski definition) is 1. The van der Waals surface area contributed by atoms with Crippen LogP contribution in [0.5, 0.6) is 11.5 Å². The fraction of sp³-hybridized carbons (Fsp3) is 0.667. The highest BCUT2D eigenvalue weighted by Crippen LogP contribution is 2.31. The molecule has 3 nitrogen and oxygen atoms in total. The summed E-state index contributed by atoms with van der Waals surface area (Å²) in [6.07, 6.45) is 3.18. The van der Waals surface area contributed by atoms with E-state index >= 15 is 0 Å². The normalized spacial score (nSPS) is 13.0. The van der Waals surface area contributed by atoms with E-state index in [-0.39, 0.29) is 5.41 Å². The minimum Gasteiger partial charge on any atom is -0.496 e. The lowest BCUT2D eigenvalue weighted by atomic mass is 9.83. The Hall–Kier alpha value is -1.22. The molecule has 1 aromatic rings. The van der Waals surface area contributed by atoms with Crippen molar-refractivity contribution in [3.63, 3.8) is 0 Å². The molecular formula is C18H31NO2. The predicted octanol–water partition coefficient (Wildman–Crippen LogP) is 4.05. The number of methoxy groups -OCH3 is 2. The van der Waals surface area contributed by atoms with Gasteiger partial charge in [0.25, 0.3) is 0 Å². The van der Waals surface area contributed by atoms with E-state index in [1.165, 1.54) is 0 Å². The average Bonchev–Trinajstić information content (AvgIpc) is 2.45. The molecule has 1 aromatic carbocycles. The van der Waals surface area contributed by atoms with Gasteiger partial charge in [0.15, 0.2) is 0 Å². The summed E-state index contributed by atoms with van der Waals surface area (Å²) in [4.78, 5) is 0. The monoisotopic (exact) mass is 293 g/mol. The Balaban J connectivity index is 2.84. The van der Waals surface area contributed by atoms with Crippen molar-refractivity contribution in [2.45, 2.75) is 53.0 Å². The molecule has 3 heteroatoms. The van der Waals surface area contributed by atoms with Crippen molar-refractivity contribution in [3.05, 3.63) is 23.8 Å². The van der Waals surface area contributed by atoms with Crippen LogP contribution >= 0.6 is 0 Å². The second-order valence-electron chi connectivity index (χ2n) is 6.55. The zero-order valence-corrected chi connectivity index (χ0v) is 14.5. The van der Waals surface area contributed by atoms with Crippen LogP contribution < -0.4 is 14.8 Å². The van der Waals surface area contributed by atoms with Gasteiger partial charge in [-0.3, -0.25) is 0 Å². The Morgan fingerprint density at radius 3 is 2.10 bits per heavy atom. The van der Waals surface area contributed by atoms with E-state index in [9.17, 15) is 0 Å². The summed E-state index contributed by atoms with van der Waals surface area (Å²) < 4.78 is 11.0. The molecule has 0 saturated heterocycles. The van der Waals surface area contributed by atoms with E-state index in [1.54, 1.807) is 14.2 Å². The molecule has 0 aliphatic rings. The van der Waals surface area contributed by atoms with Gasteiger partial charge in [0, 0.05) is 11.6 Å². The Morgan fingerprint density at radius 1 is 1.10 bits per heavy atom. The molecule has 0 amide bonds. The van der Waals surface area contributed by atoms with E-state index in [4.69, 9.17) is 9.47 Å². The van der Waals surface area contributed by atoms with Gasteiger partial charge in [-0.15, -0.1) is 0 Å². The van der Waals surface area contributed by atoms with E-state index in [2.05, 4.69) is 33.0 Å². The smallest absolute Gasteiger partial charge is 0.125 e. The molecule has 1 unspecified atom stereocenters. The number of benzene rings is 1. The molecule has 21 heavy (non-hydrogen) atoms. The van der Waals surface area contributed by atoms with Gasteiger partial charge in [-0.25, -0.2) is 0 Å². The molecule has 0 fully saturated rings. The van der Waals surface area contributed by atoms with Crippen LogP contribution in [-0.4, -0.2) is 26.8 Å². The molecule has 1 N–H and O–H groups in total. The summed E-state index contributed by atoms with van der Waals surface area (Å²) in [6.45, 7) is 10.1. The van der Waals surface area contributed by atoms with E-state index in [0.29, 0.717) is 6.04 Å². The first-order valence-electron chi connectivity index (χ1n) is 7.87. The highest BCUT2D eigenvalue weighted by molar-refractivity contribution is 5.44. The van der Waals surface area contributed by atoms with Crippen molar-refractivity contribution in [1.82, 2.24) is 5.32 Å². The van der Waals surface area contributed by atoms with Gasteiger partial charge >= 0.3 is 0 Å². The maximum Gasteiger partial charge on any atom is 0.125 e. The standard InChI is InChI=1S/C18H31NO2/c1-7-13-19-17(18(2,3)4)12-11-14-15(20-5)9-8-10-16(14)21-6/h8-10,17,19H,7,11-13H2,1-6H3. The van der Waals surface area contributed by atoms with Crippen LogP contribution in [0.25, 0.3) is 0 Å². The van der Waals surface area contributed by atoms with Crippen molar-refractivity contribution >= 4 is 0 Å². The lowest BCUT2D eigenvalue weighted by molar-refractivity contribution is 0.253. The second kappa shape index (κ2) is 8.28. The summed E-state index contributed by atoms with van der Waals surface area (Å²) in [6, 6.07) is 6.46. The quantitative estimate of drug-likeness (QED) is 0.784. The number of ether oxygens (including phenoxy) is 2. The van der Waals surface area contributed by atoms with Crippen molar-refractivity contribution in [1.29, 1.82) is 0 Å². The summed E-state index contributed by atoms with van der Waals surface area (Å²) in [7, 11) is 3.43. The fourth-order valence-corrected chi connectivity index (χ4v) is 2.62. The van der Waals surface area contributed by atoms with E-state index in [1.807, 2.05) is 18.2 Å². The lowest BCUT2D eigenvalue weighted by Crippen LogP contribution is -2.41. The average molecular weight is 293 g/mol. The molecule has 0 heterocycles. The van der Waals surface area contributed by atoms with Crippen molar-refractivity contribution in [2.75, 3.05) is 20.8 Å². The summed E-state index contributed by atoms with van der Waals surface area (Å²) in [5, 5.41) is 3.67. The van der Waals surface area contributed by atoms with Gasteiger partial charge in [0.05, 0.1) is 14.2 Å². The van der Waals surface area contributed by atoms with Crippen LogP contribution in [0.4, 0.5) is 0 Å². The van der Waals surface area contributed by atoms with Crippen LogP contribution in [0, 0.1) is 5.41 Å². The highest BCUT2D eigenvalue weighted by Gasteiger charge is 2.24. The molecule has 0 radical (unpaired) electrons. The van der Waals surface area contributed by atoms with E-state index in [0.717, 1.165) is 42.9 Å². The minimum absolute atomic E-state index is 0.240. The molecule has 0 aliphatic heterocycles. The van der Waals surface area contributed by atoms with Gasteiger partial charge in [-0.05, 0) is 43.4 Å². The maximum atomic E-state index is 5.49. The van der Waals surface area contributed by atoms with Crippen LogP contribution in [0.3, 0.4) is 0 Å². The Bertz CT molecular complexity index is 401. The number of nitrogens with one attached hydrogen (secondary N) is 1. The Labute approximate surface area is 130 Å². The van der Waals surface area contributed by atoms with Crippen molar-refractivity contribution in [3.8, 4) is 11.5 Å².